The molecule has 0 unspecified atom stereocenters. The van der Waals surface area contributed by atoms with E-state index >= 15 is 0 Å². The largest absolute Gasteiger partial charge is 0.497 e. The van der Waals surface area contributed by atoms with Crippen LogP contribution in [0.2, 0.25) is 0 Å². The average Bonchev–Trinajstić information content (AvgIpc) is 2.77. The summed E-state index contributed by atoms with van der Waals surface area (Å²) in [6.45, 7) is 1.82. The summed E-state index contributed by atoms with van der Waals surface area (Å²) >= 11 is 0. The van der Waals surface area contributed by atoms with E-state index < -0.39 is 0 Å². The van der Waals surface area contributed by atoms with E-state index in [0.717, 1.165) is 34.8 Å². The maximum Gasteiger partial charge on any atom is 0.119 e. The summed E-state index contributed by atoms with van der Waals surface area (Å²) in [5.41, 5.74) is 3.48. The lowest BCUT2D eigenvalue weighted by Gasteiger charge is -2.09. The van der Waals surface area contributed by atoms with Gasteiger partial charge in [-0.3, -0.25) is 0 Å². The Bertz CT molecular complexity index is 824. The lowest BCUT2D eigenvalue weighted by Crippen LogP contribution is -2.00. The topological polar surface area (TPSA) is 36.9 Å². The van der Waals surface area contributed by atoms with Gasteiger partial charge in [0.25, 0.3) is 0 Å². The van der Waals surface area contributed by atoms with Crippen LogP contribution in [0.5, 0.6) is 17.2 Å². The molecular weight excluding hydrogens is 352 g/mol. The smallest absolute Gasteiger partial charge is 0.119 e. The molecule has 3 aromatic carbocycles. The molecule has 0 N–H and O–H groups in total. The van der Waals surface area contributed by atoms with E-state index in [2.05, 4.69) is 12.1 Å². The Morgan fingerprint density at radius 3 is 1.54 bits per heavy atom. The van der Waals surface area contributed by atoms with Crippen molar-refractivity contribution in [1.82, 2.24) is 0 Å². The van der Waals surface area contributed by atoms with E-state index in [1.165, 1.54) is 5.56 Å². The lowest BCUT2D eigenvalue weighted by molar-refractivity contribution is 0.124. The third kappa shape index (κ3) is 6.03. The first-order valence-corrected chi connectivity index (χ1v) is 9.32. The number of methoxy groups -OCH3 is 2. The Kier molecular flexibility index (Phi) is 7.33. The van der Waals surface area contributed by atoms with Gasteiger partial charge in [-0.2, -0.15) is 0 Å². The number of hydrogen-bond donors (Lipinski definition) is 0. The van der Waals surface area contributed by atoms with Crippen molar-refractivity contribution in [3.8, 4) is 17.2 Å². The number of ether oxygens (including phenoxy) is 4. The predicted octanol–water partition coefficient (Wildman–Crippen LogP) is 5.04. The quantitative estimate of drug-likeness (QED) is 0.463. The summed E-state index contributed by atoms with van der Waals surface area (Å²) in [5.74, 6) is 2.57. The molecule has 0 bridgehead atoms. The van der Waals surface area contributed by atoms with Crippen molar-refractivity contribution in [3.05, 3.63) is 89.5 Å². The van der Waals surface area contributed by atoms with Gasteiger partial charge in [-0.1, -0.05) is 36.4 Å². The fourth-order valence-electron chi connectivity index (χ4n) is 2.74. The molecular formula is C24H26O4. The third-order valence-electron chi connectivity index (χ3n) is 4.45. The van der Waals surface area contributed by atoms with Crippen LogP contribution in [-0.2, 0) is 24.4 Å². The van der Waals surface area contributed by atoms with Gasteiger partial charge in [-0.25, -0.2) is 0 Å². The van der Waals surface area contributed by atoms with Gasteiger partial charge in [0.05, 0.1) is 27.4 Å². The van der Waals surface area contributed by atoms with Gasteiger partial charge in [-0.05, 0) is 59.5 Å². The molecule has 0 heterocycles. The standard InChI is InChI=1S/C24H26O4/c1-25-22-9-5-20(6-10-22)17-27-16-15-19-3-13-24(14-4-19)28-18-21-7-11-23(26-2)12-8-21/h3-14H,15-18H2,1-2H3. The van der Waals surface area contributed by atoms with E-state index in [-0.39, 0.29) is 0 Å². The Labute approximate surface area is 166 Å². The predicted molar refractivity (Wildman–Crippen MR) is 110 cm³/mol. The zero-order valence-electron chi connectivity index (χ0n) is 16.4. The number of hydrogen-bond acceptors (Lipinski definition) is 4. The molecule has 0 aliphatic heterocycles. The van der Waals surface area contributed by atoms with Crippen molar-refractivity contribution in [3.63, 3.8) is 0 Å². The van der Waals surface area contributed by atoms with Crippen LogP contribution in [-0.4, -0.2) is 20.8 Å². The second kappa shape index (κ2) is 10.4. The number of rotatable bonds is 10. The second-order valence-corrected chi connectivity index (χ2v) is 6.43. The molecule has 0 aromatic heterocycles. The van der Waals surface area contributed by atoms with E-state index in [9.17, 15) is 0 Å². The summed E-state index contributed by atoms with van der Waals surface area (Å²) in [6.07, 6.45) is 0.870. The first-order chi connectivity index (χ1) is 13.8. The molecule has 0 amide bonds. The highest BCUT2D eigenvalue weighted by Gasteiger charge is 2.00. The molecule has 3 rings (SSSR count). The highest BCUT2D eigenvalue weighted by Crippen LogP contribution is 2.17. The van der Waals surface area contributed by atoms with Crippen LogP contribution in [0.1, 0.15) is 16.7 Å². The van der Waals surface area contributed by atoms with Crippen molar-refractivity contribution >= 4 is 0 Å². The van der Waals surface area contributed by atoms with E-state index in [1.807, 2.05) is 60.7 Å². The van der Waals surface area contributed by atoms with E-state index in [1.54, 1.807) is 14.2 Å². The van der Waals surface area contributed by atoms with E-state index in [0.29, 0.717) is 19.8 Å². The summed E-state index contributed by atoms with van der Waals surface area (Å²) in [6, 6.07) is 24.0. The molecule has 4 nitrogen and oxygen atoms in total. The van der Waals surface area contributed by atoms with Crippen molar-refractivity contribution in [2.24, 2.45) is 0 Å². The number of benzene rings is 3. The molecule has 0 radical (unpaired) electrons. The fourth-order valence-corrected chi connectivity index (χ4v) is 2.74. The summed E-state index contributed by atoms with van der Waals surface area (Å²) in [7, 11) is 3.33. The Hall–Kier alpha value is -2.98. The summed E-state index contributed by atoms with van der Waals surface area (Å²) < 4.78 is 21.9. The highest BCUT2D eigenvalue weighted by molar-refractivity contribution is 5.30. The molecule has 0 spiro atoms. The van der Waals surface area contributed by atoms with Gasteiger partial charge < -0.3 is 18.9 Å². The van der Waals surface area contributed by atoms with Gasteiger partial charge in [0, 0.05) is 0 Å². The van der Waals surface area contributed by atoms with Crippen LogP contribution in [0, 0.1) is 0 Å². The van der Waals surface area contributed by atoms with Gasteiger partial charge in [0.15, 0.2) is 0 Å². The van der Waals surface area contributed by atoms with Gasteiger partial charge in [0.1, 0.15) is 23.9 Å². The second-order valence-electron chi connectivity index (χ2n) is 6.43. The molecule has 3 aromatic rings. The Morgan fingerprint density at radius 1 is 0.536 bits per heavy atom. The Morgan fingerprint density at radius 2 is 1.00 bits per heavy atom. The van der Waals surface area contributed by atoms with Gasteiger partial charge in [0.2, 0.25) is 0 Å². The highest BCUT2D eigenvalue weighted by atomic mass is 16.5. The molecule has 0 aliphatic carbocycles. The third-order valence-corrected chi connectivity index (χ3v) is 4.45. The molecule has 0 saturated heterocycles. The molecule has 0 aliphatic rings. The van der Waals surface area contributed by atoms with Crippen LogP contribution in [0.4, 0.5) is 0 Å². The van der Waals surface area contributed by atoms with E-state index in [4.69, 9.17) is 18.9 Å². The monoisotopic (exact) mass is 378 g/mol. The SMILES string of the molecule is COc1ccc(COCCc2ccc(OCc3ccc(OC)cc3)cc2)cc1. The van der Waals surface area contributed by atoms with Crippen molar-refractivity contribution in [2.75, 3.05) is 20.8 Å². The van der Waals surface area contributed by atoms with Crippen LogP contribution >= 0.6 is 0 Å². The summed E-state index contributed by atoms with van der Waals surface area (Å²) in [4.78, 5) is 0. The maximum absolute atomic E-state index is 5.84. The first-order valence-electron chi connectivity index (χ1n) is 9.32. The Balaban J connectivity index is 1.38. The first kappa shape index (κ1) is 19.8. The van der Waals surface area contributed by atoms with Crippen molar-refractivity contribution < 1.29 is 18.9 Å². The molecule has 28 heavy (non-hydrogen) atoms. The van der Waals surface area contributed by atoms with Gasteiger partial charge in [-0.15, -0.1) is 0 Å². The minimum Gasteiger partial charge on any atom is -0.497 e. The summed E-state index contributed by atoms with van der Waals surface area (Å²) in [5, 5.41) is 0. The van der Waals surface area contributed by atoms with Crippen molar-refractivity contribution in [2.45, 2.75) is 19.6 Å². The average molecular weight is 378 g/mol. The molecule has 146 valence electrons. The van der Waals surface area contributed by atoms with Crippen LogP contribution in [0.25, 0.3) is 0 Å². The molecule has 4 heteroatoms. The molecule has 0 saturated carbocycles. The maximum atomic E-state index is 5.84. The normalized spacial score (nSPS) is 10.5. The van der Waals surface area contributed by atoms with Crippen LogP contribution in [0.3, 0.4) is 0 Å². The van der Waals surface area contributed by atoms with Crippen molar-refractivity contribution in [1.29, 1.82) is 0 Å². The van der Waals surface area contributed by atoms with Gasteiger partial charge >= 0.3 is 0 Å². The zero-order chi connectivity index (χ0) is 19.6. The lowest BCUT2D eigenvalue weighted by atomic mass is 10.1. The zero-order valence-corrected chi connectivity index (χ0v) is 16.4. The minimum atomic E-state index is 0.536. The minimum absolute atomic E-state index is 0.536. The fraction of sp³-hybridized carbons (Fsp3) is 0.250. The van der Waals surface area contributed by atoms with Crippen LogP contribution in [0.15, 0.2) is 72.8 Å². The molecule has 0 fully saturated rings. The molecule has 0 atom stereocenters. The van der Waals surface area contributed by atoms with Crippen LogP contribution < -0.4 is 14.2 Å².